The van der Waals surface area contributed by atoms with Crippen LogP contribution < -0.4 is 4.90 Å². The van der Waals surface area contributed by atoms with Crippen LogP contribution in [0, 0.1) is 0 Å². The second kappa shape index (κ2) is 10.9. The van der Waals surface area contributed by atoms with Crippen LogP contribution in [0.4, 0.5) is 5.13 Å². The first kappa shape index (κ1) is 26.3. The summed E-state index contributed by atoms with van der Waals surface area (Å²) in [6, 6.07) is 12.7. The fourth-order valence-corrected chi connectivity index (χ4v) is 6.47. The molecule has 0 radical (unpaired) electrons. The molecular weight excluding hydrogens is 494 g/mol. The number of amides is 1. The van der Waals surface area contributed by atoms with Gasteiger partial charge in [-0.15, -0.1) is 0 Å². The largest absolute Gasteiger partial charge is 0.302 e. The van der Waals surface area contributed by atoms with E-state index in [4.69, 9.17) is 0 Å². The minimum Gasteiger partial charge on any atom is -0.302 e. The van der Waals surface area contributed by atoms with E-state index in [9.17, 15) is 21.6 Å². The lowest BCUT2D eigenvalue weighted by Crippen LogP contribution is -2.39. The molecule has 3 aromatic rings. The number of nitrogens with zero attached hydrogens (tertiary/aromatic N) is 3. The van der Waals surface area contributed by atoms with Gasteiger partial charge in [0.15, 0.2) is 24.8 Å². The first-order chi connectivity index (χ1) is 16.0. The van der Waals surface area contributed by atoms with Crippen LogP contribution in [0.5, 0.6) is 0 Å². The molecule has 0 atom stereocenters. The van der Waals surface area contributed by atoms with Crippen molar-refractivity contribution in [1.82, 2.24) is 9.88 Å². The van der Waals surface area contributed by atoms with Crippen molar-refractivity contribution >= 4 is 52.3 Å². The summed E-state index contributed by atoms with van der Waals surface area (Å²) in [5, 5.41) is 0.426. The number of rotatable bonds is 11. The van der Waals surface area contributed by atoms with Crippen molar-refractivity contribution in [1.29, 1.82) is 0 Å². The van der Waals surface area contributed by atoms with Gasteiger partial charge in [-0.2, -0.15) is 0 Å². The molecule has 0 fully saturated rings. The fourth-order valence-electron chi connectivity index (χ4n) is 3.45. The third-order valence-electron chi connectivity index (χ3n) is 5.53. The van der Waals surface area contributed by atoms with E-state index in [0.29, 0.717) is 28.4 Å². The van der Waals surface area contributed by atoms with Crippen molar-refractivity contribution in [2.24, 2.45) is 0 Å². The molecule has 0 saturated heterocycles. The van der Waals surface area contributed by atoms with Gasteiger partial charge in [0, 0.05) is 25.8 Å². The molecule has 184 valence electrons. The van der Waals surface area contributed by atoms with Crippen molar-refractivity contribution in [2.45, 2.75) is 30.1 Å². The van der Waals surface area contributed by atoms with Crippen LogP contribution in [0.2, 0.25) is 0 Å². The molecule has 0 aliphatic heterocycles. The van der Waals surface area contributed by atoms with Crippen LogP contribution in [0.25, 0.3) is 10.2 Å². The maximum atomic E-state index is 13.2. The summed E-state index contributed by atoms with van der Waals surface area (Å²) >= 11 is 1.22. The Labute approximate surface area is 205 Å². The molecule has 0 saturated carbocycles. The van der Waals surface area contributed by atoms with Crippen LogP contribution in [-0.2, 0) is 24.5 Å². The Morgan fingerprint density at radius 1 is 0.941 bits per heavy atom. The van der Waals surface area contributed by atoms with E-state index in [1.54, 1.807) is 30.3 Å². The van der Waals surface area contributed by atoms with Crippen LogP contribution in [0.1, 0.15) is 20.3 Å². The number of benzene rings is 2. The van der Waals surface area contributed by atoms with Crippen LogP contribution >= 0.6 is 11.3 Å². The number of carbonyl (C=O) groups excluding carboxylic acids is 1. The Balaban J connectivity index is 1.88. The van der Waals surface area contributed by atoms with Crippen molar-refractivity contribution in [3.63, 3.8) is 0 Å². The molecule has 0 bridgehead atoms. The molecule has 11 heteroatoms. The van der Waals surface area contributed by atoms with Gasteiger partial charge in [0.1, 0.15) is 0 Å². The Hall–Kier alpha value is -2.34. The molecule has 1 heterocycles. The molecule has 1 aromatic heterocycles. The number of hydrogen-bond acceptors (Lipinski definition) is 8. The number of anilines is 1. The Morgan fingerprint density at radius 2 is 1.62 bits per heavy atom. The number of hydrogen-bond donors (Lipinski definition) is 0. The minimum absolute atomic E-state index is 0.181. The number of sulfone groups is 2. The van der Waals surface area contributed by atoms with Gasteiger partial charge in [0.2, 0.25) is 5.91 Å². The van der Waals surface area contributed by atoms with Crippen LogP contribution in [0.3, 0.4) is 0 Å². The van der Waals surface area contributed by atoms with Gasteiger partial charge in [0.05, 0.1) is 25.8 Å². The Bertz CT molecular complexity index is 1350. The molecule has 1 amide bonds. The lowest BCUT2D eigenvalue weighted by atomic mass is 10.3. The van der Waals surface area contributed by atoms with E-state index in [1.165, 1.54) is 34.4 Å². The topological polar surface area (TPSA) is 105 Å². The van der Waals surface area contributed by atoms with Gasteiger partial charge >= 0.3 is 0 Å². The third-order valence-corrected chi connectivity index (χ3v) is 9.41. The molecule has 34 heavy (non-hydrogen) atoms. The summed E-state index contributed by atoms with van der Waals surface area (Å²) < 4.78 is 49.8. The van der Waals surface area contributed by atoms with Gasteiger partial charge in [-0.05, 0) is 43.4 Å². The molecule has 0 aliphatic rings. The summed E-state index contributed by atoms with van der Waals surface area (Å²) in [5.74, 6) is -0.644. The predicted octanol–water partition coefficient (Wildman–Crippen LogP) is 3.24. The zero-order valence-corrected chi connectivity index (χ0v) is 21.9. The van der Waals surface area contributed by atoms with Crippen molar-refractivity contribution in [3.8, 4) is 0 Å². The lowest BCUT2D eigenvalue weighted by Gasteiger charge is -2.24. The smallest absolute Gasteiger partial charge is 0.229 e. The lowest BCUT2D eigenvalue weighted by molar-refractivity contribution is -0.118. The number of fused-ring (bicyclic) bond motifs is 1. The first-order valence-electron chi connectivity index (χ1n) is 11.0. The van der Waals surface area contributed by atoms with Crippen LogP contribution in [-0.4, -0.2) is 70.8 Å². The monoisotopic (exact) mass is 523 g/mol. The summed E-state index contributed by atoms with van der Waals surface area (Å²) in [4.78, 5) is 21.8. The molecule has 2 aromatic carbocycles. The first-order valence-corrected chi connectivity index (χ1v) is 15.3. The van der Waals surface area contributed by atoms with Gasteiger partial charge in [-0.1, -0.05) is 43.4 Å². The summed E-state index contributed by atoms with van der Waals surface area (Å²) in [6.07, 6.45) is 0.962. The SMILES string of the molecule is CCN(CC)CCN(C(=O)CCS(=O)(=O)c1ccccc1)c1nc2ccc(S(C)(=O)=O)cc2s1. The van der Waals surface area contributed by atoms with Gasteiger partial charge in [0.25, 0.3) is 0 Å². The molecule has 8 nitrogen and oxygen atoms in total. The second-order valence-electron chi connectivity index (χ2n) is 7.85. The average Bonchev–Trinajstić information content (AvgIpc) is 3.23. The normalized spacial score (nSPS) is 12.4. The maximum absolute atomic E-state index is 13.2. The quantitative estimate of drug-likeness (QED) is 0.380. The van der Waals surface area contributed by atoms with E-state index < -0.39 is 19.7 Å². The molecule has 0 N–H and O–H groups in total. The van der Waals surface area contributed by atoms with E-state index in [0.717, 1.165) is 19.3 Å². The van der Waals surface area contributed by atoms with Crippen molar-refractivity contribution < 1.29 is 21.6 Å². The maximum Gasteiger partial charge on any atom is 0.229 e. The minimum atomic E-state index is -3.60. The highest BCUT2D eigenvalue weighted by atomic mass is 32.2. The van der Waals surface area contributed by atoms with E-state index in [-0.39, 0.29) is 27.9 Å². The van der Waals surface area contributed by atoms with Crippen molar-refractivity contribution in [2.75, 3.05) is 43.1 Å². The average molecular weight is 524 g/mol. The number of aromatic nitrogens is 1. The Kier molecular flexibility index (Phi) is 8.45. The molecule has 3 rings (SSSR count). The standard InChI is InChI=1S/C23H29N3O5S3/c1-4-25(5-2)14-15-26(22(27)13-16-34(30,31)18-9-7-6-8-10-18)23-24-20-12-11-19(33(3,28)29)17-21(20)32-23/h6-12,17H,4-5,13-16H2,1-3H3. The van der Waals surface area contributed by atoms with E-state index in [1.807, 2.05) is 13.8 Å². The molecule has 0 unspecified atom stereocenters. The molecular formula is C23H29N3O5S3. The Morgan fingerprint density at radius 3 is 2.24 bits per heavy atom. The number of likely N-dealkylation sites (N-methyl/N-ethyl adjacent to an activating group) is 1. The predicted molar refractivity (Wildman–Crippen MR) is 136 cm³/mol. The molecule has 0 aliphatic carbocycles. The highest BCUT2D eigenvalue weighted by Gasteiger charge is 2.24. The van der Waals surface area contributed by atoms with Crippen LogP contribution in [0.15, 0.2) is 58.3 Å². The highest BCUT2D eigenvalue weighted by Crippen LogP contribution is 2.31. The highest BCUT2D eigenvalue weighted by molar-refractivity contribution is 7.91. The number of thiazole rings is 1. The summed E-state index contributed by atoms with van der Waals surface area (Å²) in [7, 11) is -6.98. The fraction of sp³-hybridized carbons (Fsp3) is 0.391. The van der Waals surface area contributed by atoms with Gasteiger partial charge < -0.3 is 4.90 Å². The summed E-state index contributed by atoms with van der Waals surface area (Å²) in [5.41, 5.74) is 0.588. The zero-order chi connectivity index (χ0) is 24.9. The molecule has 0 spiro atoms. The van der Waals surface area contributed by atoms with E-state index in [2.05, 4.69) is 9.88 Å². The second-order valence-corrected chi connectivity index (χ2v) is 13.0. The van der Waals surface area contributed by atoms with Crippen molar-refractivity contribution in [3.05, 3.63) is 48.5 Å². The zero-order valence-electron chi connectivity index (χ0n) is 19.5. The third kappa shape index (κ3) is 6.41. The number of carbonyl (C=O) groups is 1. The summed E-state index contributed by atoms with van der Waals surface area (Å²) in [6.45, 7) is 6.66. The van der Waals surface area contributed by atoms with Gasteiger partial charge in [-0.25, -0.2) is 21.8 Å². The van der Waals surface area contributed by atoms with E-state index >= 15 is 0 Å². The van der Waals surface area contributed by atoms with Gasteiger partial charge in [-0.3, -0.25) is 9.69 Å².